The number of nitrogens with zero attached hydrogens (tertiary/aromatic N) is 3. The summed E-state index contributed by atoms with van der Waals surface area (Å²) in [6, 6.07) is 7.45. The summed E-state index contributed by atoms with van der Waals surface area (Å²) < 4.78 is 27.0. The number of Topliss-reactive ketones (excluding diaryl/α,β-unsaturated/α-hetero) is 1. The predicted molar refractivity (Wildman–Crippen MR) is 131 cm³/mol. The summed E-state index contributed by atoms with van der Waals surface area (Å²) in [4.78, 5) is 19.4. The van der Waals surface area contributed by atoms with Gasteiger partial charge in [-0.2, -0.15) is 4.31 Å². The summed E-state index contributed by atoms with van der Waals surface area (Å²) in [5, 5.41) is 3.91. The number of hydrogen-bond donors (Lipinski definition) is 1. The SMILES string of the molecule is CC1(C)c2cc(Cl)ccc2C(=O)CN1c1cncc(NC2CCCN(S(=O)(=O)C3CC3)C2)c1. The molecule has 1 aliphatic carbocycles. The highest BCUT2D eigenvalue weighted by molar-refractivity contribution is 7.90. The molecule has 9 heteroatoms. The highest BCUT2D eigenvalue weighted by atomic mass is 35.5. The number of carbonyl (C=O) groups is 1. The molecule has 7 nitrogen and oxygen atoms in total. The lowest BCUT2D eigenvalue weighted by atomic mass is 9.82. The van der Waals surface area contributed by atoms with Crippen LogP contribution in [0.1, 0.15) is 55.5 Å². The van der Waals surface area contributed by atoms with Crippen molar-refractivity contribution in [3.05, 3.63) is 52.8 Å². The number of sulfonamides is 1. The van der Waals surface area contributed by atoms with Crippen LogP contribution in [0, 0.1) is 0 Å². The van der Waals surface area contributed by atoms with Crippen molar-refractivity contribution in [2.24, 2.45) is 0 Å². The maximum Gasteiger partial charge on any atom is 0.217 e. The molecule has 1 N–H and O–H groups in total. The predicted octanol–water partition coefficient (Wildman–Crippen LogP) is 4.04. The maximum atomic E-state index is 12.9. The summed E-state index contributed by atoms with van der Waals surface area (Å²) >= 11 is 6.25. The fourth-order valence-corrected chi connectivity index (χ4v) is 7.11. The summed E-state index contributed by atoms with van der Waals surface area (Å²) in [5.41, 5.74) is 2.82. The number of benzene rings is 1. The molecule has 2 fully saturated rings. The van der Waals surface area contributed by atoms with Gasteiger partial charge in [0.2, 0.25) is 10.0 Å². The largest absolute Gasteiger partial charge is 0.380 e. The van der Waals surface area contributed by atoms with Crippen LogP contribution in [0.2, 0.25) is 5.02 Å². The van der Waals surface area contributed by atoms with Gasteiger partial charge >= 0.3 is 0 Å². The van der Waals surface area contributed by atoms with Gasteiger partial charge in [-0.3, -0.25) is 9.78 Å². The van der Waals surface area contributed by atoms with Crippen molar-refractivity contribution in [2.45, 2.75) is 56.4 Å². The molecule has 0 amide bonds. The van der Waals surface area contributed by atoms with Crippen LogP contribution >= 0.6 is 11.6 Å². The second-order valence-electron chi connectivity index (χ2n) is 9.78. The molecule has 5 rings (SSSR count). The molecule has 1 saturated carbocycles. The molecule has 1 aromatic carbocycles. The van der Waals surface area contributed by atoms with E-state index < -0.39 is 15.6 Å². The van der Waals surface area contributed by atoms with E-state index in [1.54, 1.807) is 28.8 Å². The molecule has 33 heavy (non-hydrogen) atoms. The minimum atomic E-state index is -3.17. The number of ketones is 1. The van der Waals surface area contributed by atoms with Crippen LogP contribution in [-0.2, 0) is 15.6 Å². The van der Waals surface area contributed by atoms with E-state index in [0.717, 1.165) is 42.6 Å². The lowest BCUT2D eigenvalue weighted by molar-refractivity contribution is 0.0979. The van der Waals surface area contributed by atoms with Crippen molar-refractivity contribution in [2.75, 3.05) is 29.9 Å². The summed E-state index contributed by atoms with van der Waals surface area (Å²) in [6.07, 6.45) is 6.81. The number of carbonyl (C=O) groups excluding carboxylic acids is 1. The third-order valence-electron chi connectivity index (χ3n) is 7.01. The number of aromatic nitrogens is 1. The van der Waals surface area contributed by atoms with Crippen LogP contribution in [0.4, 0.5) is 11.4 Å². The van der Waals surface area contributed by atoms with Gasteiger partial charge in [0.1, 0.15) is 0 Å². The lowest BCUT2D eigenvalue weighted by Crippen LogP contribution is -2.49. The first kappa shape index (κ1) is 22.6. The van der Waals surface area contributed by atoms with Gasteiger partial charge in [-0.15, -0.1) is 0 Å². The fourth-order valence-electron chi connectivity index (χ4n) is 5.01. The number of nitrogens with one attached hydrogen (secondary N) is 1. The average molecular weight is 489 g/mol. The second kappa shape index (κ2) is 8.25. The highest BCUT2D eigenvalue weighted by Gasteiger charge is 2.42. The van der Waals surface area contributed by atoms with Gasteiger partial charge in [0.05, 0.1) is 41.1 Å². The third-order valence-corrected chi connectivity index (χ3v) is 9.61. The monoisotopic (exact) mass is 488 g/mol. The Labute approximate surface area is 200 Å². The van der Waals surface area contributed by atoms with E-state index in [2.05, 4.69) is 29.0 Å². The van der Waals surface area contributed by atoms with Crippen molar-refractivity contribution in [1.82, 2.24) is 9.29 Å². The topological polar surface area (TPSA) is 82.6 Å². The fraction of sp³-hybridized carbons (Fsp3) is 0.500. The van der Waals surface area contributed by atoms with Crippen LogP contribution < -0.4 is 10.2 Å². The number of pyridine rings is 1. The Bertz CT molecular complexity index is 1200. The zero-order valence-electron chi connectivity index (χ0n) is 18.9. The number of rotatable bonds is 5. The zero-order chi connectivity index (χ0) is 23.4. The van der Waals surface area contributed by atoms with E-state index in [1.807, 2.05) is 12.1 Å². The van der Waals surface area contributed by atoms with E-state index in [9.17, 15) is 13.2 Å². The van der Waals surface area contributed by atoms with Crippen LogP contribution in [0.5, 0.6) is 0 Å². The average Bonchev–Trinajstić information content (AvgIpc) is 3.63. The van der Waals surface area contributed by atoms with Gasteiger partial charge in [-0.25, -0.2) is 8.42 Å². The van der Waals surface area contributed by atoms with Gasteiger partial charge in [0.15, 0.2) is 5.78 Å². The van der Waals surface area contributed by atoms with Gasteiger partial charge < -0.3 is 10.2 Å². The molecular weight excluding hydrogens is 460 g/mol. The Kier molecular flexibility index (Phi) is 5.66. The molecule has 1 aromatic heterocycles. The standard InChI is InChI=1S/C24H29ClN4O3S/c1-24(2)22-10-16(25)5-8-21(22)23(30)15-29(24)19-11-18(12-26-13-19)27-17-4-3-9-28(14-17)33(31,32)20-6-7-20/h5,8,10-13,17,20,27H,3-4,6-7,9,14-15H2,1-2H3. The molecule has 1 saturated heterocycles. The quantitative estimate of drug-likeness (QED) is 0.683. The molecule has 0 radical (unpaired) electrons. The van der Waals surface area contributed by atoms with Crippen molar-refractivity contribution >= 4 is 38.8 Å². The molecule has 1 atom stereocenters. The number of fused-ring (bicyclic) bond motifs is 1. The first-order valence-corrected chi connectivity index (χ1v) is 13.4. The van der Waals surface area contributed by atoms with Crippen LogP contribution in [-0.4, -0.2) is 54.4 Å². The third kappa shape index (κ3) is 4.24. The Morgan fingerprint density at radius 2 is 1.94 bits per heavy atom. The van der Waals surface area contributed by atoms with E-state index in [1.165, 1.54) is 0 Å². The Morgan fingerprint density at radius 3 is 2.70 bits per heavy atom. The number of halogens is 1. The lowest BCUT2D eigenvalue weighted by Gasteiger charge is -2.44. The van der Waals surface area contributed by atoms with Crippen molar-refractivity contribution < 1.29 is 13.2 Å². The summed E-state index contributed by atoms with van der Waals surface area (Å²) in [6.45, 7) is 5.49. The van der Waals surface area contributed by atoms with Gasteiger partial charge in [0, 0.05) is 29.7 Å². The number of anilines is 2. The van der Waals surface area contributed by atoms with E-state index in [4.69, 9.17) is 11.6 Å². The highest BCUT2D eigenvalue weighted by Crippen LogP contribution is 2.40. The Balaban J connectivity index is 1.37. The minimum absolute atomic E-state index is 0.0276. The molecule has 0 spiro atoms. The Hall–Kier alpha value is -2.16. The molecule has 3 aliphatic rings. The van der Waals surface area contributed by atoms with Crippen LogP contribution in [0.15, 0.2) is 36.7 Å². The summed E-state index contributed by atoms with van der Waals surface area (Å²) in [5.74, 6) is 0.0487. The Morgan fingerprint density at radius 1 is 1.15 bits per heavy atom. The van der Waals surface area contributed by atoms with Crippen LogP contribution in [0.25, 0.3) is 0 Å². The summed E-state index contributed by atoms with van der Waals surface area (Å²) in [7, 11) is -3.17. The molecule has 2 aliphatic heterocycles. The van der Waals surface area contributed by atoms with Crippen molar-refractivity contribution in [3.63, 3.8) is 0 Å². The molecule has 3 heterocycles. The molecule has 0 bridgehead atoms. The number of piperidine rings is 1. The van der Waals surface area contributed by atoms with Crippen molar-refractivity contribution in [3.8, 4) is 0 Å². The smallest absolute Gasteiger partial charge is 0.217 e. The van der Waals surface area contributed by atoms with Gasteiger partial charge in [-0.05, 0) is 69.4 Å². The van der Waals surface area contributed by atoms with Gasteiger partial charge in [-0.1, -0.05) is 11.6 Å². The second-order valence-corrected chi connectivity index (χ2v) is 12.4. The zero-order valence-corrected chi connectivity index (χ0v) is 20.5. The molecular formula is C24H29ClN4O3S. The van der Waals surface area contributed by atoms with E-state index in [0.29, 0.717) is 23.7 Å². The van der Waals surface area contributed by atoms with E-state index in [-0.39, 0.29) is 23.6 Å². The van der Waals surface area contributed by atoms with Crippen LogP contribution in [0.3, 0.4) is 0 Å². The first-order chi connectivity index (χ1) is 15.7. The molecule has 1 unspecified atom stereocenters. The van der Waals surface area contributed by atoms with E-state index >= 15 is 0 Å². The minimum Gasteiger partial charge on any atom is -0.380 e. The van der Waals surface area contributed by atoms with Crippen molar-refractivity contribution in [1.29, 1.82) is 0 Å². The first-order valence-electron chi connectivity index (χ1n) is 11.5. The molecule has 176 valence electrons. The van der Waals surface area contributed by atoms with Gasteiger partial charge in [0.25, 0.3) is 0 Å². The maximum absolute atomic E-state index is 12.9. The normalized spacial score (nSPS) is 23.3. The molecule has 2 aromatic rings. The number of hydrogen-bond acceptors (Lipinski definition) is 6.